The van der Waals surface area contributed by atoms with Crippen molar-refractivity contribution < 1.29 is 4.79 Å². The number of aromatic nitrogens is 1. The molecule has 1 N–H and O–H groups in total. The smallest absolute Gasteiger partial charge is 0.268 e. The molecule has 1 aliphatic rings. The number of hydrogen-bond acceptors (Lipinski definition) is 3. The maximum atomic E-state index is 12.0. The quantitative estimate of drug-likeness (QED) is 0.887. The van der Waals surface area contributed by atoms with Crippen molar-refractivity contribution >= 4 is 5.91 Å². The predicted molar refractivity (Wildman–Crippen MR) is 78.9 cm³/mol. The number of nitrogens with one attached hydrogen (secondary N) is 1. The second-order valence-corrected chi connectivity index (χ2v) is 5.61. The van der Waals surface area contributed by atoms with Gasteiger partial charge in [-0.2, -0.15) is 0 Å². The van der Waals surface area contributed by atoms with Gasteiger partial charge in [-0.3, -0.25) is 9.59 Å². The summed E-state index contributed by atoms with van der Waals surface area (Å²) >= 11 is 0. The lowest BCUT2D eigenvalue weighted by Gasteiger charge is -2.30. The molecule has 2 heterocycles. The molecule has 5 heteroatoms. The molecule has 0 saturated carbocycles. The van der Waals surface area contributed by atoms with E-state index in [1.165, 1.54) is 23.5 Å². The van der Waals surface area contributed by atoms with Gasteiger partial charge < -0.3 is 14.8 Å². The van der Waals surface area contributed by atoms with Crippen LogP contribution in [-0.2, 0) is 7.05 Å². The molecule has 1 aromatic rings. The third-order valence-corrected chi connectivity index (χ3v) is 3.87. The van der Waals surface area contributed by atoms with Crippen LogP contribution in [0.3, 0.4) is 0 Å². The second kappa shape index (κ2) is 6.70. The van der Waals surface area contributed by atoms with Crippen LogP contribution in [-0.4, -0.2) is 41.6 Å². The highest BCUT2D eigenvalue weighted by molar-refractivity contribution is 5.92. The summed E-state index contributed by atoms with van der Waals surface area (Å²) in [6.45, 7) is 5.99. The molecule has 1 aromatic heterocycles. The Morgan fingerprint density at radius 1 is 1.45 bits per heavy atom. The minimum Gasteiger partial charge on any atom is -0.349 e. The SMILES string of the molecule is CC1CCCN(CCNC(=O)c2cccc(=O)n2C)C1. The summed E-state index contributed by atoms with van der Waals surface area (Å²) in [7, 11) is 1.61. The van der Waals surface area contributed by atoms with Crippen LogP contribution in [0.15, 0.2) is 23.0 Å². The van der Waals surface area contributed by atoms with Gasteiger partial charge in [0.15, 0.2) is 0 Å². The fraction of sp³-hybridized carbons (Fsp3) is 0.600. The van der Waals surface area contributed by atoms with Crippen LogP contribution in [0.5, 0.6) is 0 Å². The zero-order chi connectivity index (χ0) is 14.5. The Kier molecular flexibility index (Phi) is 4.95. The summed E-state index contributed by atoms with van der Waals surface area (Å²) in [5.74, 6) is 0.560. The largest absolute Gasteiger partial charge is 0.349 e. The van der Waals surface area contributed by atoms with Gasteiger partial charge in [0.05, 0.1) is 0 Å². The molecule has 2 rings (SSSR count). The minimum absolute atomic E-state index is 0.164. The van der Waals surface area contributed by atoms with E-state index in [4.69, 9.17) is 0 Å². The number of amides is 1. The fourth-order valence-electron chi connectivity index (χ4n) is 2.70. The minimum atomic E-state index is -0.185. The van der Waals surface area contributed by atoms with E-state index in [2.05, 4.69) is 17.1 Å². The van der Waals surface area contributed by atoms with E-state index in [1.807, 2.05) is 0 Å². The number of nitrogens with zero attached hydrogens (tertiary/aromatic N) is 2. The Morgan fingerprint density at radius 2 is 2.25 bits per heavy atom. The van der Waals surface area contributed by atoms with Gasteiger partial charge in [0, 0.05) is 32.7 Å². The van der Waals surface area contributed by atoms with Crippen molar-refractivity contribution in [2.24, 2.45) is 13.0 Å². The van der Waals surface area contributed by atoms with Gasteiger partial charge in [-0.05, 0) is 31.4 Å². The van der Waals surface area contributed by atoms with Crippen molar-refractivity contribution in [2.45, 2.75) is 19.8 Å². The molecule has 0 aromatic carbocycles. The van der Waals surface area contributed by atoms with Gasteiger partial charge in [0.25, 0.3) is 11.5 Å². The van der Waals surface area contributed by atoms with Crippen LogP contribution in [0.25, 0.3) is 0 Å². The lowest BCUT2D eigenvalue weighted by Crippen LogP contribution is -2.40. The van der Waals surface area contributed by atoms with Crippen LogP contribution in [0.4, 0.5) is 0 Å². The number of piperidine rings is 1. The van der Waals surface area contributed by atoms with Crippen LogP contribution >= 0.6 is 0 Å². The molecule has 0 aliphatic carbocycles. The normalized spacial score (nSPS) is 19.8. The summed E-state index contributed by atoms with van der Waals surface area (Å²) in [4.78, 5) is 25.9. The van der Waals surface area contributed by atoms with Crippen molar-refractivity contribution in [2.75, 3.05) is 26.2 Å². The molecule has 20 heavy (non-hydrogen) atoms. The summed E-state index contributed by atoms with van der Waals surface area (Å²) in [6.07, 6.45) is 2.54. The maximum absolute atomic E-state index is 12.0. The Labute approximate surface area is 119 Å². The summed E-state index contributed by atoms with van der Waals surface area (Å²) in [5.41, 5.74) is 0.243. The van der Waals surface area contributed by atoms with Gasteiger partial charge in [0.2, 0.25) is 0 Å². The van der Waals surface area contributed by atoms with Crippen molar-refractivity contribution in [1.82, 2.24) is 14.8 Å². The van der Waals surface area contributed by atoms with Crippen molar-refractivity contribution in [3.63, 3.8) is 0 Å². The van der Waals surface area contributed by atoms with E-state index < -0.39 is 0 Å². The van der Waals surface area contributed by atoms with Gasteiger partial charge >= 0.3 is 0 Å². The predicted octanol–water partition coefficient (Wildman–Crippen LogP) is 0.847. The lowest BCUT2D eigenvalue weighted by molar-refractivity contribution is 0.0934. The first-order valence-corrected chi connectivity index (χ1v) is 7.24. The van der Waals surface area contributed by atoms with Crippen molar-refractivity contribution in [3.05, 3.63) is 34.2 Å². The number of likely N-dealkylation sites (tertiary alicyclic amines) is 1. The zero-order valence-corrected chi connectivity index (χ0v) is 12.3. The molecule has 110 valence electrons. The average molecular weight is 277 g/mol. The molecule has 1 amide bonds. The first-order chi connectivity index (χ1) is 9.58. The Morgan fingerprint density at radius 3 is 3.00 bits per heavy atom. The molecule has 1 atom stereocenters. The van der Waals surface area contributed by atoms with Gasteiger partial charge in [0.1, 0.15) is 5.69 Å². The monoisotopic (exact) mass is 277 g/mol. The molecule has 1 aliphatic heterocycles. The molecule has 0 spiro atoms. The van der Waals surface area contributed by atoms with Gasteiger partial charge in [-0.25, -0.2) is 0 Å². The lowest BCUT2D eigenvalue weighted by atomic mass is 10.0. The maximum Gasteiger partial charge on any atom is 0.268 e. The first-order valence-electron chi connectivity index (χ1n) is 7.24. The average Bonchev–Trinajstić information content (AvgIpc) is 2.42. The molecule has 1 fully saturated rings. The third-order valence-electron chi connectivity index (χ3n) is 3.87. The second-order valence-electron chi connectivity index (χ2n) is 5.61. The number of hydrogen-bond donors (Lipinski definition) is 1. The number of carbonyl (C=O) groups excluding carboxylic acids is 1. The van der Waals surface area contributed by atoms with E-state index in [9.17, 15) is 9.59 Å². The summed E-state index contributed by atoms with van der Waals surface area (Å²) in [6, 6.07) is 4.73. The number of pyridine rings is 1. The van der Waals surface area contributed by atoms with E-state index in [1.54, 1.807) is 19.2 Å². The van der Waals surface area contributed by atoms with E-state index >= 15 is 0 Å². The van der Waals surface area contributed by atoms with Crippen LogP contribution in [0.2, 0.25) is 0 Å². The number of carbonyl (C=O) groups is 1. The number of rotatable bonds is 4. The summed E-state index contributed by atoms with van der Waals surface area (Å²) in [5, 5.41) is 2.89. The van der Waals surface area contributed by atoms with Crippen LogP contribution in [0, 0.1) is 5.92 Å². The molecular weight excluding hydrogens is 254 g/mol. The summed E-state index contributed by atoms with van der Waals surface area (Å²) < 4.78 is 1.37. The molecule has 1 saturated heterocycles. The van der Waals surface area contributed by atoms with Crippen LogP contribution in [0.1, 0.15) is 30.3 Å². The van der Waals surface area contributed by atoms with E-state index in [-0.39, 0.29) is 11.5 Å². The molecule has 1 unspecified atom stereocenters. The van der Waals surface area contributed by atoms with Gasteiger partial charge in [-0.1, -0.05) is 13.0 Å². The Bertz CT molecular complexity index is 524. The molecular formula is C15H23N3O2. The van der Waals surface area contributed by atoms with Gasteiger partial charge in [-0.15, -0.1) is 0 Å². The molecule has 5 nitrogen and oxygen atoms in total. The van der Waals surface area contributed by atoms with E-state index in [0.29, 0.717) is 12.2 Å². The van der Waals surface area contributed by atoms with Crippen molar-refractivity contribution in [1.29, 1.82) is 0 Å². The fourth-order valence-corrected chi connectivity index (χ4v) is 2.70. The highest BCUT2D eigenvalue weighted by Gasteiger charge is 2.16. The molecule has 0 radical (unpaired) electrons. The Balaban J connectivity index is 1.83. The highest BCUT2D eigenvalue weighted by atomic mass is 16.2. The molecule has 0 bridgehead atoms. The van der Waals surface area contributed by atoms with Crippen molar-refractivity contribution in [3.8, 4) is 0 Å². The standard InChI is InChI=1S/C15H23N3O2/c1-12-5-4-9-18(11-12)10-8-16-15(20)13-6-3-7-14(19)17(13)2/h3,6-7,12H,4-5,8-11H2,1-2H3,(H,16,20). The topological polar surface area (TPSA) is 54.3 Å². The Hall–Kier alpha value is -1.62. The van der Waals surface area contributed by atoms with Crippen LogP contribution < -0.4 is 10.9 Å². The highest BCUT2D eigenvalue weighted by Crippen LogP contribution is 2.14. The zero-order valence-electron chi connectivity index (χ0n) is 12.3. The first kappa shape index (κ1) is 14.8. The third kappa shape index (κ3) is 3.70. The van der Waals surface area contributed by atoms with E-state index in [0.717, 1.165) is 25.6 Å².